The summed E-state index contributed by atoms with van der Waals surface area (Å²) in [4.78, 5) is 27.3. The fraction of sp³-hybridized carbons (Fsp3) is 0.632. The molecule has 1 amide bonds. The Balaban J connectivity index is 1.63. The van der Waals surface area contributed by atoms with Gasteiger partial charge in [-0.05, 0) is 31.3 Å². The van der Waals surface area contributed by atoms with E-state index in [-0.39, 0.29) is 11.9 Å². The van der Waals surface area contributed by atoms with Crippen LogP contribution in [0.4, 0.5) is 11.8 Å². The molecule has 3 aliphatic rings. The average molecular weight is 369 g/mol. The zero-order chi connectivity index (χ0) is 19.1. The maximum atomic E-state index is 11.8. The predicted octanol–water partition coefficient (Wildman–Crippen LogP) is 2.16. The molecule has 27 heavy (non-hydrogen) atoms. The summed E-state index contributed by atoms with van der Waals surface area (Å²) >= 11 is 0. The first-order valence-corrected chi connectivity index (χ1v) is 9.60. The maximum absolute atomic E-state index is 11.8. The third-order valence-corrected chi connectivity index (χ3v) is 5.64. The Labute approximate surface area is 160 Å². The zero-order valence-electron chi connectivity index (χ0n) is 16.6. The molecule has 0 saturated carbocycles. The number of rotatable bonds is 4. The summed E-state index contributed by atoms with van der Waals surface area (Å²) in [6, 6.07) is 0.137. The number of hydrogen-bond acceptors (Lipinski definition) is 7. The van der Waals surface area contributed by atoms with Crippen molar-refractivity contribution in [1.29, 1.82) is 0 Å². The summed E-state index contributed by atoms with van der Waals surface area (Å²) in [6.07, 6.45) is 4.15. The number of anilines is 2. The second-order valence-corrected chi connectivity index (χ2v) is 7.79. The minimum atomic E-state index is 0.0904. The van der Waals surface area contributed by atoms with Crippen LogP contribution in [0.1, 0.15) is 37.4 Å². The Hall–Kier alpha value is -2.51. The smallest absolute Gasteiger partial charge is 0.227 e. The number of allylic oxidation sites excluding steroid dienone is 1. The van der Waals surface area contributed by atoms with Crippen molar-refractivity contribution in [1.82, 2.24) is 14.9 Å². The molecule has 1 aliphatic carbocycles. The van der Waals surface area contributed by atoms with E-state index in [0.717, 1.165) is 42.9 Å². The van der Waals surface area contributed by atoms with E-state index in [2.05, 4.69) is 22.2 Å². The van der Waals surface area contributed by atoms with Crippen LogP contribution in [0.2, 0.25) is 0 Å². The van der Waals surface area contributed by atoms with Crippen molar-refractivity contribution in [3.63, 3.8) is 0 Å². The van der Waals surface area contributed by atoms with Crippen LogP contribution >= 0.6 is 0 Å². The van der Waals surface area contributed by atoms with E-state index in [1.165, 1.54) is 17.7 Å². The van der Waals surface area contributed by atoms with Gasteiger partial charge in [-0.3, -0.25) is 4.79 Å². The fourth-order valence-electron chi connectivity index (χ4n) is 4.11. The average Bonchev–Trinajstić information content (AvgIpc) is 3.25. The number of likely N-dealkylation sites (N-methyl/N-ethyl adjacent to an activating group) is 1. The van der Waals surface area contributed by atoms with Crippen molar-refractivity contribution >= 4 is 17.7 Å². The first-order chi connectivity index (χ1) is 12.9. The second-order valence-electron chi connectivity index (χ2n) is 7.79. The molecule has 8 heteroatoms. The molecule has 4 rings (SSSR count). The van der Waals surface area contributed by atoms with Gasteiger partial charge in [-0.15, -0.1) is 0 Å². The van der Waals surface area contributed by atoms with Crippen LogP contribution in [0.15, 0.2) is 21.5 Å². The fourth-order valence-corrected chi connectivity index (χ4v) is 4.11. The molecule has 3 heterocycles. The van der Waals surface area contributed by atoms with Gasteiger partial charge in [-0.2, -0.15) is 15.2 Å². The molecular weight excluding hydrogens is 342 g/mol. The summed E-state index contributed by atoms with van der Waals surface area (Å²) in [5, 5.41) is 8.87. The van der Waals surface area contributed by atoms with Gasteiger partial charge in [0.15, 0.2) is 0 Å². The number of hydrogen-bond donors (Lipinski definition) is 0. The molecule has 1 unspecified atom stereocenters. The van der Waals surface area contributed by atoms with Crippen molar-refractivity contribution < 1.29 is 4.79 Å². The Morgan fingerprint density at radius 3 is 2.74 bits per heavy atom. The van der Waals surface area contributed by atoms with Gasteiger partial charge >= 0.3 is 0 Å². The quantitative estimate of drug-likeness (QED) is 0.813. The predicted molar refractivity (Wildman–Crippen MR) is 104 cm³/mol. The lowest BCUT2D eigenvalue weighted by molar-refractivity contribution is -0.129. The van der Waals surface area contributed by atoms with Crippen LogP contribution in [0.25, 0.3) is 0 Å². The highest BCUT2D eigenvalue weighted by molar-refractivity contribution is 5.73. The molecule has 0 fully saturated rings. The van der Waals surface area contributed by atoms with Gasteiger partial charge in [-0.1, -0.05) is 0 Å². The van der Waals surface area contributed by atoms with Crippen molar-refractivity contribution in [2.24, 2.45) is 10.2 Å². The van der Waals surface area contributed by atoms with Gasteiger partial charge in [0.05, 0.1) is 17.9 Å². The van der Waals surface area contributed by atoms with E-state index in [0.29, 0.717) is 19.0 Å². The molecular formula is C19H27N7O. The van der Waals surface area contributed by atoms with Gasteiger partial charge < -0.3 is 14.7 Å². The Kier molecular flexibility index (Phi) is 4.57. The van der Waals surface area contributed by atoms with Gasteiger partial charge in [-0.25, -0.2) is 4.98 Å². The minimum absolute atomic E-state index is 0.0904. The highest BCUT2D eigenvalue weighted by Crippen LogP contribution is 2.36. The van der Waals surface area contributed by atoms with Gasteiger partial charge in [0.2, 0.25) is 11.9 Å². The number of carbonyl (C=O) groups excluding carboxylic acids is 1. The third-order valence-electron chi connectivity index (χ3n) is 5.64. The molecule has 0 bridgehead atoms. The monoisotopic (exact) mass is 369 g/mol. The number of aromatic nitrogens is 2. The first-order valence-electron chi connectivity index (χ1n) is 9.60. The van der Waals surface area contributed by atoms with Crippen LogP contribution in [0.3, 0.4) is 0 Å². The normalized spacial score (nSPS) is 20.7. The lowest BCUT2D eigenvalue weighted by Crippen LogP contribution is -2.37. The standard InChI is InChI=1S/C19H27N7O/c1-12(27)26-9-8-14-16(11-26)20-19(24(2)3)21-18(14)25(4)10-17-13-6-5-7-15(13)22-23-17/h17H,5-11H2,1-4H3. The molecule has 0 saturated heterocycles. The first kappa shape index (κ1) is 17.9. The summed E-state index contributed by atoms with van der Waals surface area (Å²) in [5.41, 5.74) is 4.70. The second kappa shape index (κ2) is 6.90. The summed E-state index contributed by atoms with van der Waals surface area (Å²) < 4.78 is 0. The molecule has 0 spiro atoms. The number of fused-ring (bicyclic) bond motifs is 1. The molecule has 0 N–H and O–H groups in total. The highest BCUT2D eigenvalue weighted by Gasteiger charge is 2.31. The summed E-state index contributed by atoms with van der Waals surface area (Å²) in [6.45, 7) is 3.65. The largest absolute Gasteiger partial charge is 0.357 e. The van der Waals surface area contributed by atoms with Crippen LogP contribution in [0, 0.1) is 0 Å². The van der Waals surface area contributed by atoms with Crippen LogP contribution in [-0.2, 0) is 17.8 Å². The molecule has 1 atom stereocenters. The topological polar surface area (TPSA) is 77.3 Å². The van der Waals surface area contributed by atoms with Gasteiger partial charge in [0, 0.05) is 46.7 Å². The number of azo groups is 1. The molecule has 1 aromatic rings. The van der Waals surface area contributed by atoms with Gasteiger partial charge in [0.1, 0.15) is 11.9 Å². The molecule has 2 aliphatic heterocycles. The molecule has 0 aromatic carbocycles. The molecule has 8 nitrogen and oxygen atoms in total. The Bertz CT molecular complexity index is 830. The minimum Gasteiger partial charge on any atom is -0.357 e. The van der Waals surface area contributed by atoms with Crippen molar-refractivity contribution in [3.05, 3.63) is 22.5 Å². The zero-order valence-corrected chi connectivity index (χ0v) is 16.6. The van der Waals surface area contributed by atoms with E-state index in [9.17, 15) is 4.79 Å². The van der Waals surface area contributed by atoms with Gasteiger partial charge in [0.25, 0.3) is 0 Å². The molecule has 0 radical (unpaired) electrons. The van der Waals surface area contributed by atoms with Crippen LogP contribution in [-0.4, -0.2) is 61.0 Å². The van der Waals surface area contributed by atoms with E-state index in [1.54, 1.807) is 6.92 Å². The van der Waals surface area contributed by atoms with Crippen molar-refractivity contribution in [2.75, 3.05) is 44.0 Å². The molecule has 1 aromatic heterocycles. The van der Waals surface area contributed by atoms with Crippen LogP contribution < -0.4 is 9.80 Å². The van der Waals surface area contributed by atoms with Crippen molar-refractivity contribution in [3.8, 4) is 0 Å². The summed E-state index contributed by atoms with van der Waals surface area (Å²) in [5.74, 6) is 1.72. The Morgan fingerprint density at radius 2 is 2.00 bits per heavy atom. The number of amides is 1. The van der Waals surface area contributed by atoms with Crippen molar-refractivity contribution in [2.45, 2.75) is 45.2 Å². The SMILES string of the molecule is CC(=O)N1CCc2c(nc(N(C)C)nc2N(C)CC2N=NC3=C2CCC3)C1. The summed E-state index contributed by atoms with van der Waals surface area (Å²) in [7, 11) is 5.96. The lowest BCUT2D eigenvalue weighted by Gasteiger charge is -2.32. The molecule has 144 valence electrons. The van der Waals surface area contributed by atoms with E-state index >= 15 is 0 Å². The van der Waals surface area contributed by atoms with Crippen LogP contribution in [0.5, 0.6) is 0 Å². The number of nitrogens with zero attached hydrogens (tertiary/aromatic N) is 7. The van der Waals surface area contributed by atoms with E-state index in [1.807, 2.05) is 23.9 Å². The lowest BCUT2D eigenvalue weighted by atomic mass is 10.0. The van der Waals surface area contributed by atoms with E-state index < -0.39 is 0 Å². The highest BCUT2D eigenvalue weighted by atomic mass is 16.2. The third kappa shape index (κ3) is 3.28. The maximum Gasteiger partial charge on any atom is 0.227 e. The number of carbonyl (C=O) groups is 1. The Morgan fingerprint density at radius 1 is 1.19 bits per heavy atom. The van der Waals surface area contributed by atoms with E-state index in [4.69, 9.17) is 9.97 Å².